The summed E-state index contributed by atoms with van der Waals surface area (Å²) in [6.07, 6.45) is 0.383. The highest BCUT2D eigenvalue weighted by atomic mass is 16.5. The maximum atomic E-state index is 12.8. The molecule has 4 rings (SSSR count). The lowest BCUT2D eigenvalue weighted by molar-refractivity contribution is -0.136. The van der Waals surface area contributed by atoms with Crippen LogP contribution in [0.2, 0.25) is 0 Å². The van der Waals surface area contributed by atoms with Gasteiger partial charge in [0.1, 0.15) is 11.7 Å². The van der Waals surface area contributed by atoms with Crippen LogP contribution in [0.5, 0.6) is 5.75 Å². The van der Waals surface area contributed by atoms with E-state index in [9.17, 15) is 14.4 Å². The molecule has 7 nitrogen and oxygen atoms in total. The van der Waals surface area contributed by atoms with Crippen LogP contribution in [0.4, 0.5) is 5.69 Å². The standard InChI is InChI=1S/C27H27N3O4/c1-18-12-13-21(16-19(18)2)30-15-14-23(27(30)33)26(32)29-28-25(31)17-34-24-11-7-6-10-22(24)20-8-4-3-5-9-20/h3-13,16,23H,14-15,17H2,1-2H3,(H,28,31)(H,29,32). The summed E-state index contributed by atoms with van der Waals surface area (Å²) in [7, 11) is 0. The van der Waals surface area contributed by atoms with Crippen molar-refractivity contribution in [1.82, 2.24) is 10.9 Å². The SMILES string of the molecule is Cc1ccc(N2CCC(C(=O)NNC(=O)COc3ccccc3-c3ccccc3)C2=O)cc1C. The Bertz CT molecular complexity index is 1210. The highest BCUT2D eigenvalue weighted by Crippen LogP contribution is 2.29. The molecule has 3 aromatic rings. The quantitative estimate of drug-likeness (QED) is 0.438. The van der Waals surface area contributed by atoms with Crippen molar-refractivity contribution < 1.29 is 19.1 Å². The van der Waals surface area contributed by atoms with Gasteiger partial charge in [0.2, 0.25) is 5.91 Å². The Hall–Kier alpha value is -4.13. The molecule has 1 aliphatic rings. The molecule has 0 spiro atoms. The van der Waals surface area contributed by atoms with E-state index in [2.05, 4.69) is 10.9 Å². The van der Waals surface area contributed by atoms with Gasteiger partial charge in [-0.1, -0.05) is 54.6 Å². The fourth-order valence-electron chi connectivity index (χ4n) is 3.92. The van der Waals surface area contributed by atoms with Crippen LogP contribution in [-0.4, -0.2) is 30.9 Å². The molecule has 0 aliphatic carbocycles. The third-order valence-corrected chi connectivity index (χ3v) is 5.98. The Balaban J connectivity index is 1.30. The Morgan fingerprint density at radius 2 is 1.68 bits per heavy atom. The van der Waals surface area contributed by atoms with Gasteiger partial charge >= 0.3 is 0 Å². The molecule has 3 amide bonds. The molecule has 1 fully saturated rings. The number of rotatable bonds is 6. The topological polar surface area (TPSA) is 87.7 Å². The minimum absolute atomic E-state index is 0.275. The Kier molecular flexibility index (Phi) is 6.92. The van der Waals surface area contributed by atoms with Gasteiger partial charge in [-0.2, -0.15) is 0 Å². The van der Waals surface area contributed by atoms with E-state index >= 15 is 0 Å². The molecule has 34 heavy (non-hydrogen) atoms. The van der Waals surface area contributed by atoms with Gasteiger partial charge in [-0.15, -0.1) is 0 Å². The first-order valence-electron chi connectivity index (χ1n) is 11.2. The number of aryl methyl sites for hydroxylation is 2. The number of carbonyl (C=O) groups excluding carboxylic acids is 3. The van der Waals surface area contributed by atoms with Crippen molar-refractivity contribution in [1.29, 1.82) is 0 Å². The Morgan fingerprint density at radius 1 is 0.941 bits per heavy atom. The number of benzene rings is 3. The number of amides is 3. The highest BCUT2D eigenvalue weighted by Gasteiger charge is 2.37. The summed E-state index contributed by atoms with van der Waals surface area (Å²) in [5.74, 6) is -1.61. The predicted molar refractivity (Wildman–Crippen MR) is 130 cm³/mol. The molecule has 0 radical (unpaired) electrons. The van der Waals surface area contributed by atoms with Gasteiger partial charge in [-0.3, -0.25) is 25.2 Å². The van der Waals surface area contributed by atoms with Crippen molar-refractivity contribution >= 4 is 23.4 Å². The third kappa shape index (κ3) is 5.09. The van der Waals surface area contributed by atoms with Gasteiger partial charge in [0.25, 0.3) is 11.8 Å². The normalized spacial score (nSPS) is 15.2. The number of hydrazine groups is 1. The molecule has 0 saturated carbocycles. The van der Waals surface area contributed by atoms with Crippen molar-refractivity contribution in [3.05, 3.63) is 83.9 Å². The molecule has 7 heteroatoms. The molecule has 3 aromatic carbocycles. The fourth-order valence-corrected chi connectivity index (χ4v) is 3.92. The van der Waals surface area contributed by atoms with Crippen molar-refractivity contribution in [2.24, 2.45) is 5.92 Å². The number of hydrogen-bond donors (Lipinski definition) is 2. The minimum Gasteiger partial charge on any atom is -0.483 e. The maximum absolute atomic E-state index is 12.8. The van der Waals surface area contributed by atoms with E-state index < -0.39 is 17.7 Å². The van der Waals surface area contributed by atoms with Crippen molar-refractivity contribution in [3.8, 4) is 16.9 Å². The number of hydrogen-bond acceptors (Lipinski definition) is 4. The van der Waals surface area contributed by atoms with Gasteiger partial charge in [0, 0.05) is 17.8 Å². The zero-order chi connectivity index (χ0) is 24.1. The predicted octanol–water partition coefficient (Wildman–Crippen LogP) is 3.55. The molecule has 0 aromatic heterocycles. The molecule has 1 saturated heterocycles. The van der Waals surface area contributed by atoms with E-state index in [0.29, 0.717) is 18.7 Å². The lowest BCUT2D eigenvalue weighted by Gasteiger charge is -2.18. The number of anilines is 1. The first-order valence-corrected chi connectivity index (χ1v) is 11.2. The first kappa shape index (κ1) is 23.0. The van der Waals surface area contributed by atoms with Gasteiger partial charge < -0.3 is 9.64 Å². The molecule has 2 N–H and O–H groups in total. The van der Waals surface area contributed by atoms with Crippen molar-refractivity contribution in [2.45, 2.75) is 20.3 Å². The van der Waals surface area contributed by atoms with E-state index in [4.69, 9.17) is 4.74 Å². The molecular weight excluding hydrogens is 430 g/mol. The number of nitrogens with one attached hydrogen (secondary N) is 2. The molecule has 1 aliphatic heterocycles. The van der Waals surface area contributed by atoms with E-state index in [-0.39, 0.29) is 12.5 Å². The number of carbonyl (C=O) groups is 3. The van der Waals surface area contributed by atoms with Crippen LogP contribution in [0, 0.1) is 19.8 Å². The number of ether oxygens (including phenoxy) is 1. The average Bonchev–Trinajstić information content (AvgIpc) is 3.25. The lowest BCUT2D eigenvalue weighted by Crippen LogP contribution is -2.47. The van der Waals surface area contributed by atoms with Gasteiger partial charge in [0.15, 0.2) is 6.61 Å². The molecular formula is C27H27N3O4. The molecule has 0 bridgehead atoms. The van der Waals surface area contributed by atoms with Crippen LogP contribution in [0.15, 0.2) is 72.8 Å². The summed E-state index contributed by atoms with van der Waals surface area (Å²) < 4.78 is 5.69. The zero-order valence-electron chi connectivity index (χ0n) is 19.2. The fraction of sp³-hybridized carbons (Fsp3) is 0.222. The summed E-state index contributed by atoms with van der Waals surface area (Å²) >= 11 is 0. The Labute approximate surface area is 198 Å². The minimum atomic E-state index is -0.846. The molecule has 1 unspecified atom stereocenters. The lowest BCUT2D eigenvalue weighted by atomic mass is 10.1. The van der Waals surface area contributed by atoms with E-state index in [1.54, 1.807) is 11.0 Å². The van der Waals surface area contributed by atoms with E-state index in [1.165, 1.54) is 0 Å². The van der Waals surface area contributed by atoms with Crippen LogP contribution in [-0.2, 0) is 14.4 Å². The highest BCUT2D eigenvalue weighted by molar-refractivity contribution is 6.09. The summed E-state index contributed by atoms with van der Waals surface area (Å²) in [5.41, 5.74) is 9.54. The van der Waals surface area contributed by atoms with Gasteiger partial charge in [-0.25, -0.2) is 0 Å². The summed E-state index contributed by atoms with van der Waals surface area (Å²) in [5, 5.41) is 0. The summed E-state index contributed by atoms with van der Waals surface area (Å²) in [6, 6.07) is 22.9. The summed E-state index contributed by atoms with van der Waals surface area (Å²) in [6.45, 7) is 4.16. The van der Waals surface area contributed by atoms with Crippen LogP contribution in [0.3, 0.4) is 0 Å². The smallest absolute Gasteiger partial charge is 0.276 e. The second-order valence-electron chi connectivity index (χ2n) is 8.29. The molecule has 174 valence electrons. The largest absolute Gasteiger partial charge is 0.483 e. The monoisotopic (exact) mass is 457 g/mol. The molecule has 1 heterocycles. The first-order chi connectivity index (χ1) is 16.4. The maximum Gasteiger partial charge on any atom is 0.276 e. The second kappa shape index (κ2) is 10.2. The van der Waals surface area contributed by atoms with Crippen LogP contribution >= 0.6 is 0 Å². The Morgan fingerprint density at radius 3 is 2.44 bits per heavy atom. The van der Waals surface area contributed by atoms with Gasteiger partial charge in [0.05, 0.1) is 0 Å². The zero-order valence-corrected chi connectivity index (χ0v) is 19.2. The van der Waals surface area contributed by atoms with Crippen molar-refractivity contribution in [3.63, 3.8) is 0 Å². The average molecular weight is 458 g/mol. The molecule has 1 atom stereocenters. The van der Waals surface area contributed by atoms with E-state index in [1.807, 2.05) is 80.6 Å². The van der Waals surface area contributed by atoms with Crippen LogP contribution in [0.25, 0.3) is 11.1 Å². The van der Waals surface area contributed by atoms with Crippen LogP contribution in [0.1, 0.15) is 17.5 Å². The van der Waals surface area contributed by atoms with Crippen LogP contribution < -0.4 is 20.5 Å². The number of nitrogens with zero attached hydrogens (tertiary/aromatic N) is 1. The third-order valence-electron chi connectivity index (χ3n) is 5.98. The second-order valence-corrected chi connectivity index (χ2v) is 8.29. The van der Waals surface area contributed by atoms with Crippen molar-refractivity contribution in [2.75, 3.05) is 18.1 Å². The van der Waals surface area contributed by atoms with Gasteiger partial charge in [-0.05, 0) is 55.2 Å². The van der Waals surface area contributed by atoms with E-state index in [0.717, 1.165) is 27.9 Å². The number of para-hydroxylation sites is 1. The summed E-state index contributed by atoms with van der Waals surface area (Å²) in [4.78, 5) is 39.2.